The smallest absolute Gasteiger partial charge is 0.0775 e. The van der Waals surface area contributed by atoms with E-state index in [0.717, 1.165) is 24.9 Å². The van der Waals surface area contributed by atoms with E-state index in [1.54, 1.807) is 5.19 Å². The summed E-state index contributed by atoms with van der Waals surface area (Å²) >= 11 is 0. The van der Waals surface area contributed by atoms with Gasteiger partial charge in [-0.3, -0.25) is 0 Å². The van der Waals surface area contributed by atoms with E-state index in [4.69, 9.17) is 0 Å². The van der Waals surface area contributed by atoms with Crippen molar-refractivity contribution in [2.75, 3.05) is 6.54 Å². The highest BCUT2D eigenvalue weighted by Crippen LogP contribution is 2.08. The van der Waals surface area contributed by atoms with Crippen LogP contribution < -0.4 is 10.5 Å². The molecule has 2 heteroatoms. The summed E-state index contributed by atoms with van der Waals surface area (Å²) in [6.07, 6.45) is 0. The number of rotatable bonds is 6. The fraction of sp³-hybridized carbons (Fsp3) is 0.625. The average Bonchev–Trinajstić information content (AvgIpc) is 2.28. The largest absolute Gasteiger partial charge is 0.312 e. The summed E-state index contributed by atoms with van der Waals surface area (Å²) < 4.78 is 0. The standard InChI is InChI=1S/C16H29NSi/c1-13(2)14(3)11-17-12-15-7-9-16(10-8-15)18(4,5)6/h7-10,13-14,17H,11-12H2,1-6H3. The van der Waals surface area contributed by atoms with E-state index in [2.05, 4.69) is 70.0 Å². The molecule has 18 heavy (non-hydrogen) atoms. The van der Waals surface area contributed by atoms with Gasteiger partial charge in [0.25, 0.3) is 0 Å². The Kier molecular flexibility index (Phi) is 5.61. The lowest BCUT2D eigenvalue weighted by Crippen LogP contribution is -2.37. The van der Waals surface area contributed by atoms with Crippen molar-refractivity contribution in [1.82, 2.24) is 5.32 Å². The molecule has 0 aromatic heterocycles. The Morgan fingerprint density at radius 3 is 2.00 bits per heavy atom. The molecule has 0 radical (unpaired) electrons. The minimum absolute atomic E-state index is 0.742. The van der Waals surface area contributed by atoms with E-state index in [1.807, 2.05) is 0 Å². The van der Waals surface area contributed by atoms with Crippen molar-refractivity contribution in [3.63, 3.8) is 0 Å². The Hall–Kier alpha value is -0.603. The first-order valence-electron chi connectivity index (χ1n) is 7.11. The minimum Gasteiger partial charge on any atom is -0.312 e. The van der Waals surface area contributed by atoms with Crippen LogP contribution in [0.15, 0.2) is 24.3 Å². The summed E-state index contributed by atoms with van der Waals surface area (Å²) in [6, 6.07) is 9.19. The monoisotopic (exact) mass is 263 g/mol. The molecule has 0 aliphatic heterocycles. The molecule has 0 saturated carbocycles. The minimum atomic E-state index is -1.14. The van der Waals surface area contributed by atoms with Crippen molar-refractivity contribution >= 4 is 13.3 Å². The summed E-state index contributed by atoms with van der Waals surface area (Å²) in [5.41, 5.74) is 1.40. The lowest BCUT2D eigenvalue weighted by molar-refractivity contribution is 0.392. The second-order valence-electron chi connectivity index (χ2n) is 6.80. The van der Waals surface area contributed by atoms with E-state index in [1.165, 1.54) is 5.56 Å². The Balaban J connectivity index is 2.45. The maximum absolute atomic E-state index is 3.55. The third-order valence-corrected chi connectivity index (χ3v) is 5.82. The van der Waals surface area contributed by atoms with Crippen LogP contribution in [0, 0.1) is 11.8 Å². The lowest BCUT2D eigenvalue weighted by Gasteiger charge is -2.18. The molecule has 1 N–H and O–H groups in total. The van der Waals surface area contributed by atoms with Crippen LogP contribution in [0.2, 0.25) is 19.6 Å². The van der Waals surface area contributed by atoms with Gasteiger partial charge in [0.1, 0.15) is 0 Å². The van der Waals surface area contributed by atoms with Crippen molar-refractivity contribution in [3.05, 3.63) is 29.8 Å². The Morgan fingerprint density at radius 2 is 1.56 bits per heavy atom. The third-order valence-electron chi connectivity index (χ3n) is 3.75. The van der Waals surface area contributed by atoms with Crippen LogP contribution in [0.3, 0.4) is 0 Å². The maximum Gasteiger partial charge on any atom is 0.0775 e. The maximum atomic E-state index is 3.55. The van der Waals surface area contributed by atoms with Crippen molar-refractivity contribution in [1.29, 1.82) is 0 Å². The number of benzene rings is 1. The molecule has 1 unspecified atom stereocenters. The normalized spacial score (nSPS) is 13.9. The SMILES string of the molecule is CC(C)C(C)CNCc1ccc([Si](C)(C)C)cc1. The number of hydrogen-bond acceptors (Lipinski definition) is 1. The highest BCUT2D eigenvalue weighted by Gasteiger charge is 2.15. The van der Waals surface area contributed by atoms with Crippen molar-refractivity contribution in [2.24, 2.45) is 11.8 Å². The summed E-state index contributed by atoms with van der Waals surface area (Å²) in [5.74, 6) is 1.50. The van der Waals surface area contributed by atoms with E-state index >= 15 is 0 Å². The van der Waals surface area contributed by atoms with Gasteiger partial charge >= 0.3 is 0 Å². The molecule has 0 aliphatic rings. The highest BCUT2D eigenvalue weighted by molar-refractivity contribution is 6.88. The summed E-state index contributed by atoms with van der Waals surface area (Å²) in [7, 11) is -1.14. The Bertz CT molecular complexity index is 348. The van der Waals surface area contributed by atoms with E-state index in [9.17, 15) is 0 Å². The van der Waals surface area contributed by atoms with Crippen molar-refractivity contribution < 1.29 is 0 Å². The highest BCUT2D eigenvalue weighted by atomic mass is 28.3. The Labute approximate surface area is 114 Å². The van der Waals surface area contributed by atoms with Gasteiger partial charge in [0.15, 0.2) is 0 Å². The fourth-order valence-corrected chi connectivity index (χ4v) is 2.97. The van der Waals surface area contributed by atoms with Crippen LogP contribution in [0.1, 0.15) is 26.3 Å². The molecule has 0 spiro atoms. The molecule has 0 amide bonds. The van der Waals surface area contributed by atoms with Crippen molar-refractivity contribution in [2.45, 2.75) is 47.0 Å². The van der Waals surface area contributed by atoms with Gasteiger partial charge in [-0.15, -0.1) is 0 Å². The van der Waals surface area contributed by atoms with Gasteiger partial charge in [-0.1, -0.05) is 69.9 Å². The fourth-order valence-electron chi connectivity index (χ4n) is 1.80. The predicted octanol–water partition coefficient (Wildman–Crippen LogP) is 3.61. The molecule has 0 bridgehead atoms. The second kappa shape index (κ2) is 6.53. The first kappa shape index (κ1) is 15.5. The zero-order valence-corrected chi connectivity index (χ0v) is 13.9. The molecule has 1 nitrogen and oxygen atoms in total. The molecule has 1 rings (SSSR count). The van der Waals surface area contributed by atoms with Crippen LogP contribution >= 0.6 is 0 Å². The second-order valence-corrected chi connectivity index (χ2v) is 11.9. The predicted molar refractivity (Wildman–Crippen MR) is 85.1 cm³/mol. The van der Waals surface area contributed by atoms with Gasteiger partial charge < -0.3 is 5.32 Å². The lowest BCUT2D eigenvalue weighted by atomic mass is 9.98. The topological polar surface area (TPSA) is 12.0 Å². The molecule has 1 aromatic carbocycles. The average molecular weight is 264 g/mol. The van der Waals surface area contributed by atoms with Crippen LogP contribution in [0.5, 0.6) is 0 Å². The molecule has 0 fully saturated rings. The molecule has 1 aromatic rings. The summed E-state index contributed by atoms with van der Waals surface area (Å²) in [4.78, 5) is 0. The van der Waals surface area contributed by atoms with Crippen LogP contribution in [-0.2, 0) is 6.54 Å². The van der Waals surface area contributed by atoms with E-state index in [0.29, 0.717) is 0 Å². The summed E-state index contributed by atoms with van der Waals surface area (Å²) in [5, 5.41) is 5.10. The molecule has 1 atom stereocenters. The molecule has 102 valence electrons. The molecule has 0 aliphatic carbocycles. The molecule has 0 heterocycles. The quantitative estimate of drug-likeness (QED) is 0.773. The number of hydrogen-bond donors (Lipinski definition) is 1. The molecular formula is C16H29NSi. The van der Waals surface area contributed by atoms with Gasteiger partial charge in [0.2, 0.25) is 0 Å². The van der Waals surface area contributed by atoms with E-state index in [-0.39, 0.29) is 0 Å². The van der Waals surface area contributed by atoms with Gasteiger partial charge in [0.05, 0.1) is 8.07 Å². The van der Waals surface area contributed by atoms with Gasteiger partial charge in [0, 0.05) is 6.54 Å². The first-order chi connectivity index (χ1) is 8.30. The zero-order valence-electron chi connectivity index (χ0n) is 12.9. The van der Waals surface area contributed by atoms with Gasteiger partial charge in [-0.25, -0.2) is 0 Å². The van der Waals surface area contributed by atoms with Crippen LogP contribution in [-0.4, -0.2) is 14.6 Å². The molecular weight excluding hydrogens is 234 g/mol. The van der Waals surface area contributed by atoms with E-state index < -0.39 is 8.07 Å². The van der Waals surface area contributed by atoms with Crippen molar-refractivity contribution in [3.8, 4) is 0 Å². The molecule has 0 saturated heterocycles. The zero-order chi connectivity index (χ0) is 13.8. The van der Waals surface area contributed by atoms with Gasteiger partial charge in [-0.05, 0) is 23.9 Å². The van der Waals surface area contributed by atoms with Crippen LogP contribution in [0.25, 0.3) is 0 Å². The van der Waals surface area contributed by atoms with Crippen LogP contribution in [0.4, 0.5) is 0 Å². The Morgan fingerprint density at radius 1 is 1.00 bits per heavy atom. The van der Waals surface area contributed by atoms with Gasteiger partial charge in [-0.2, -0.15) is 0 Å². The first-order valence-corrected chi connectivity index (χ1v) is 10.6. The number of nitrogens with one attached hydrogen (secondary N) is 1. The third kappa shape index (κ3) is 4.95. The summed E-state index contributed by atoms with van der Waals surface area (Å²) in [6.45, 7) is 16.2.